The second-order valence-corrected chi connectivity index (χ2v) is 6.59. The average molecular weight is 350 g/mol. The van der Waals surface area contributed by atoms with Crippen molar-refractivity contribution in [2.45, 2.75) is 13.5 Å². The minimum atomic E-state index is -0.966. The van der Waals surface area contributed by atoms with E-state index in [2.05, 4.69) is 0 Å². The third-order valence-electron chi connectivity index (χ3n) is 3.67. The van der Waals surface area contributed by atoms with Crippen LogP contribution in [-0.4, -0.2) is 57.3 Å². The van der Waals surface area contributed by atoms with E-state index in [-0.39, 0.29) is 35.9 Å². The van der Waals surface area contributed by atoms with Crippen LogP contribution in [0.4, 0.5) is 4.79 Å². The molecule has 1 saturated heterocycles. The van der Waals surface area contributed by atoms with Crippen molar-refractivity contribution in [3.63, 3.8) is 0 Å². The molecule has 1 aliphatic rings. The third kappa shape index (κ3) is 4.14. The van der Waals surface area contributed by atoms with Gasteiger partial charge in [0.05, 0.1) is 18.2 Å². The van der Waals surface area contributed by atoms with Crippen LogP contribution in [-0.2, 0) is 16.1 Å². The molecule has 2 rings (SSSR count). The van der Waals surface area contributed by atoms with Gasteiger partial charge in [-0.25, -0.2) is 0 Å². The molecule has 1 heterocycles. The summed E-state index contributed by atoms with van der Waals surface area (Å²) in [5, 5.41) is 8.64. The number of carboxylic acid groups (broad SMARTS) is 1. The highest BCUT2D eigenvalue weighted by atomic mass is 32.2. The van der Waals surface area contributed by atoms with Crippen molar-refractivity contribution in [2.75, 3.05) is 19.3 Å². The predicted molar refractivity (Wildman–Crippen MR) is 88.6 cm³/mol. The van der Waals surface area contributed by atoms with Crippen molar-refractivity contribution in [2.24, 2.45) is 5.92 Å². The predicted octanol–water partition coefficient (Wildman–Crippen LogP) is 1.67. The number of amides is 3. The Morgan fingerprint density at radius 1 is 1.38 bits per heavy atom. The number of benzene rings is 1. The molecule has 1 aliphatic heterocycles. The first-order chi connectivity index (χ1) is 11.3. The molecule has 0 aromatic heterocycles. The summed E-state index contributed by atoms with van der Waals surface area (Å²) in [5.41, 5.74) is 1.06. The summed E-state index contributed by atoms with van der Waals surface area (Å²) in [5.74, 6) is -2.04. The summed E-state index contributed by atoms with van der Waals surface area (Å²) < 4.78 is 0. The van der Waals surface area contributed by atoms with E-state index in [1.807, 2.05) is 0 Å². The van der Waals surface area contributed by atoms with E-state index in [1.165, 1.54) is 11.8 Å². The van der Waals surface area contributed by atoms with E-state index in [0.717, 1.165) is 16.7 Å². The molecule has 0 radical (unpaired) electrons. The molecule has 1 unspecified atom stereocenters. The van der Waals surface area contributed by atoms with Crippen molar-refractivity contribution >= 4 is 34.8 Å². The van der Waals surface area contributed by atoms with Crippen LogP contribution in [0.25, 0.3) is 0 Å². The number of carbonyl (C=O) groups is 4. The lowest BCUT2D eigenvalue weighted by Gasteiger charge is -2.20. The number of carbonyl (C=O) groups excluding carboxylic acids is 3. The van der Waals surface area contributed by atoms with Crippen molar-refractivity contribution in [3.8, 4) is 0 Å². The Hall–Kier alpha value is -2.35. The number of thioether (sulfide) groups is 1. The van der Waals surface area contributed by atoms with Gasteiger partial charge in [0, 0.05) is 19.2 Å². The lowest BCUT2D eigenvalue weighted by molar-refractivity contribution is -0.141. The van der Waals surface area contributed by atoms with Crippen molar-refractivity contribution in [1.82, 2.24) is 9.80 Å². The lowest BCUT2D eigenvalue weighted by Crippen LogP contribution is -2.33. The van der Waals surface area contributed by atoms with Crippen LogP contribution < -0.4 is 0 Å². The van der Waals surface area contributed by atoms with E-state index in [1.54, 1.807) is 31.3 Å². The Kier molecular flexibility index (Phi) is 5.61. The third-order valence-corrected chi connectivity index (χ3v) is 4.53. The molecule has 1 aromatic rings. The van der Waals surface area contributed by atoms with Gasteiger partial charge in [-0.05, 0) is 17.7 Å². The second kappa shape index (κ2) is 7.48. The summed E-state index contributed by atoms with van der Waals surface area (Å²) >= 11 is 0.964. The molecule has 1 aromatic carbocycles. The molecule has 3 amide bonds. The van der Waals surface area contributed by atoms with Gasteiger partial charge < -0.3 is 10.0 Å². The normalized spacial score (nSPS) is 15.5. The maximum absolute atomic E-state index is 12.4. The highest BCUT2D eigenvalue weighted by Gasteiger charge is 2.30. The van der Waals surface area contributed by atoms with Gasteiger partial charge in [-0.3, -0.25) is 24.1 Å². The number of rotatable bonds is 6. The zero-order valence-corrected chi connectivity index (χ0v) is 14.2. The molecular weight excluding hydrogens is 332 g/mol. The number of carboxylic acids is 1. The summed E-state index contributed by atoms with van der Waals surface area (Å²) in [4.78, 5) is 49.1. The lowest BCUT2D eigenvalue weighted by atomic mass is 10.1. The Morgan fingerprint density at radius 3 is 2.67 bits per heavy atom. The van der Waals surface area contributed by atoms with Gasteiger partial charge in [0.2, 0.25) is 5.91 Å². The maximum Gasteiger partial charge on any atom is 0.308 e. The summed E-state index contributed by atoms with van der Waals surface area (Å²) in [6.07, 6.45) is 0. The highest BCUT2D eigenvalue weighted by molar-refractivity contribution is 8.14. The second-order valence-electron chi connectivity index (χ2n) is 5.66. The SMILES string of the molecule is CC(CN(C)C(=O)c1cccc(CN2C(=O)CSC2=O)c1)C(=O)O. The topological polar surface area (TPSA) is 95.0 Å². The number of nitrogens with zero attached hydrogens (tertiary/aromatic N) is 2. The number of hydrogen-bond donors (Lipinski definition) is 1. The summed E-state index contributed by atoms with van der Waals surface area (Å²) in [6.45, 7) is 1.75. The minimum absolute atomic E-state index is 0.0954. The van der Waals surface area contributed by atoms with Crippen LogP contribution in [0.2, 0.25) is 0 Å². The van der Waals surface area contributed by atoms with Crippen LogP contribution in [0.3, 0.4) is 0 Å². The largest absolute Gasteiger partial charge is 0.481 e. The number of imide groups is 1. The van der Waals surface area contributed by atoms with Gasteiger partial charge in [-0.2, -0.15) is 0 Å². The fourth-order valence-electron chi connectivity index (χ4n) is 2.31. The first-order valence-electron chi connectivity index (χ1n) is 7.34. The minimum Gasteiger partial charge on any atom is -0.481 e. The molecule has 1 atom stereocenters. The zero-order valence-electron chi connectivity index (χ0n) is 13.4. The molecule has 0 spiro atoms. The first-order valence-corrected chi connectivity index (χ1v) is 8.32. The van der Waals surface area contributed by atoms with Gasteiger partial charge in [0.25, 0.3) is 11.1 Å². The van der Waals surface area contributed by atoms with Gasteiger partial charge in [-0.1, -0.05) is 30.8 Å². The first kappa shape index (κ1) is 18.0. The fraction of sp³-hybridized carbons (Fsp3) is 0.375. The number of hydrogen-bond acceptors (Lipinski definition) is 5. The summed E-state index contributed by atoms with van der Waals surface area (Å²) in [7, 11) is 1.54. The molecule has 0 saturated carbocycles. The number of aliphatic carboxylic acids is 1. The van der Waals surface area contributed by atoms with E-state index < -0.39 is 11.9 Å². The van der Waals surface area contributed by atoms with Crippen LogP contribution >= 0.6 is 11.8 Å². The molecule has 1 N–H and O–H groups in total. The Labute approximate surface area is 143 Å². The maximum atomic E-state index is 12.4. The van der Waals surface area contributed by atoms with E-state index in [4.69, 9.17) is 5.11 Å². The van der Waals surface area contributed by atoms with Crippen molar-refractivity contribution in [1.29, 1.82) is 0 Å². The molecule has 128 valence electrons. The van der Waals surface area contributed by atoms with Gasteiger partial charge in [0.15, 0.2) is 0 Å². The molecule has 1 fully saturated rings. The summed E-state index contributed by atoms with van der Waals surface area (Å²) in [6, 6.07) is 6.65. The van der Waals surface area contributed by atoms with Crippen molar-refractivity contribution < 1.29 is 24.3 Å². The zero-order chi connectivity index (χ0) is 17.9. The van der Waals surface area contributed by atoms with Gasteiger partial charge in [-0.15, -0.1) is 0 Å². The molecular formula is C16H18N2O5S. The smallest absolute Gasteiger partial charge is 0.308 e. The van der Waals surface area contributed by atoms with Gasteiger partial charge >= 0.3 is 5.97 Å². The van der Waals surface area contributed by atoms with Crippen LogP contribution in [0.5, 0.6) is 0 Å². The van der Waals surface area contributed by atoms with Crippen molar-refractivity contribution in [3.05, 3.63) is 35.4 Å². The van der Waals surface area contributed by atoms with E-state index in [0.29, 0.717) is 11.1 Å². The van der Waals surface area contributed by atoms with Crippen LogP contribution in [0.15, 0.2) is 24.3 Å². The van der Waals surface area contributed by atoms with Gasteiger partial charge in [0.1, 0.15) is 0 Å². The van der Waals surface area contributed by atoms with Crippen LogP contribution in [0, 0.1) is 5.92 Å². The molecule has 0 aliphatic carbocycles. The van der Waals surface area contributed by atoms with E-state index >= 15 is 0 Å². The molecule has 0 bridgehead atoms. The monoisotopic (exact) mass is 350 g/mol. The Bertz CT molecular complexity index is 675. The Morgan fingerprint density at radius 2 is 2.08 bits per heavy atom. The molecule has 8 heteroatoms. The Balaban J connectivity index is 2.09. The quantitative estimate of drug-likeness (QED) is 0.839. The average Bonchev–Trinajstić information content (AvgIpc) is 2.86. The van der Waals surface area contributed by atoms with Crippen LogP contribution in [0.1, 0.15) is 22.8 Å². The fourth-order valence-corrected chi connectivity index (χ4v) is 3.04. The standard InChI is InChI=1S/C16H18N2O5S/c1-10(15(21)22)7-17(2)14(20)12-5-3-4-11(6-12)8-18-13(19)9-24-16(18)23/h3-6,10H,7-9H2,1-2H3,(H,21,22). The molecule has 7 nitrogen and oxygen atoms in total. The molecule has 24 heavy (non-hydrogen) atoms. The highest BCUT2D eigenvalue weighted by Crippen LogP contribution is 2.21. The van der Waals surface area contributed by atoms with E-state index in [9.17, 15) is 19.2 Å².